The van der Waals surface area contributed by atoms with Gasteiger partial charge < -0.3 is 9.84 Å². The second kappa shape index (κ2) is 7.01. The van der Waals surface area contributed by atoms with E-state index < -0.39 is 6.10 Å². The molecule has 1 aromatic rings. The Balaban J connectivity index is 2.00. The van der Waals surface area contributed by atoms with Crippen molar-refractivity contribution in [2.75, 3.05) is 7.11 Å². The smallest absolute Gasteiger partial charge is 0.126 e. The van der Waals surface area contributed by atoms with E-state index in [2.05, 4.69) is 0 Å². The molecule has 0 saturated heterocycles. The van der Waals surface area contributed by atoms with Gasteiger partial charge in [-0.2, -0.15) is 0 Å². The van der Waals surface area contributed by atoms with E-state index in [9.17, 15) is 9.50 Å². The highest BCUT2D eigenvalue weighted by Crippen LogP contribution is 2.30. The molecule has 1 fully saturated rings. The minimum atomic E-state index is -0.634. The van der Waals surface area contributed by atoms with Crippen molar-refractivity contribution >= 4 is 0 Å². The molecule has 0 aromatic heterocycles. The summed E-state index contributed by atoms with van der Waals surface area (Å²) in [5.74, 6) is 0.153. The summed E-state index contributed by atoms with van der Waals surface area (Å²) in [6.07, 6.45) is 5.40. The van der Waals surface area contributed by atoms with Crippen molar-refractivity contribution in [2.24, 2.45) is 5.92 Å². The first-order chi connectivity index (χ1) is 9.22. The van der Waals surface area contributed by atoms with Crippen LogP contribution in [0.1, 0.15) is 37.7 Å². The molecule has 2 rings (SSSR count). The maximum Gasteiger partial charge on any atom is 0.126 e. The molecule has 2 nitrogen and oxygen atoms in total. The van der Waals surface area contributed by atoms with Crippen LogP contribution in [0, 0.1) is 11.7 Å². The van der Waals surface area contributed by atoms with E-state index in [4.69, 9.17) is 4.74 Å². The van der Waals surface area contributed by atoms with Crippen LogP contribution in [-0.4, -0.2) is 24.4 Å². The van der Waals surface area contributed by atoms with Crippen LogP contribution < -0.4 is 0 Å². The van der Waals surface area contributed by atoms with Gasteiger partial charge in [0, 0.05) is 13.5 Å². The minimum absolute atomic E-state index is 0.181. The van der Waals surface area contributed by atoms with Crippen LogP contribution in [0.5, 0.6) is 0 Å². The number of rotatable bonds is 5. The summed E-state index contributed by atoms with van der Waals surface area (Å²) in [7, 11) is 1.64. The number of hydrogen-bond donors (Lipinski definition) is 1. The topological polar surface area (TPSA) is 29.5 Å². The van der Waals surface area contributed by atoms with Gasteiger partial charge in [-0.1, -0.05) is 37.5 Å². The zero-order chi connectivity index (χ0) is 13.7. The van der Waals surface area contributed by atoms with E-state index >= 15 is 0 Å². The summed E-state index contributed by atoms with van der Waals surface area (Å²) < 4.78 is 19.1. The first kappa shape index (κ1) is 14.5. The molecule has 19 heavy (non-hydrogen) atoms. The van der Waals surface area contributed by atoms with Crippen LogP contribution >= 0.6 is 0 Å². The summed E-state index contributed by atoms with van der Waals surface area (Å²) in [5.41, 5.74) is 0.563. The standard InChI is InChI=1S/C16H23FO2/c1-19-16(12-7-3-2-4-8-12)15(18)11-13-9-5-6-10-14(13)17/h5-6,9-10,12,15-16,18H,2-4,7-8,11H2,1H3. The third-order valence-corrected chi connectivity index (χ3v) is 4.15. The fraction of sp³-hybridized carbons (Fsp3) is 0.625. The summed E-state index contributed by atoms with van der Waals surface area (Å²) in [4.78, 5) is 0. The van der Waals surface area contributed by atoms with E-state index in [1.165, 1.54) is 25.3 Å². The van der Waals surface area contributed by atoms with Crippen LogP contribution in [0.4, 0.5) is 4.39 Å². The minimum Gasteiger partial charge on any atom is -0.390 e. The Morgan fingerprint density at radius 2 is 1.95 bits per heavy atom. The third kappa shape index (κ3) is 3.77. The van der Waals surface area contributed by atoms with Crippen molar-refractivity contribution in [3.8, 4) is 0 Å². The fourth-order valence-corrected chi connectivity index (χ4v) is 3.13. The molecule has 1 aliphatic rings. The summed E-state index contributed by atoms with van der Waals surface area (Å²) >= 11 is 0. The summed E-state index contributed by atoms with van der Waals surface area (Å²) in [5, 5.41) is 10.3. The van der Waals surface area contributed by atoms with Gasteiger partial charge in [0.2, 0.25) is 0 Å². The summed E-state index contributed by atoms with van der Waals surface area (Å²) in [6.45, 7) is 0. The van der Waals surface area contributed by atoms with Crippen LogP contribution in [0.25, 0.3) is 0 Å². The number of aliphatic hydroxyl groups is 1. The zero-order valence-corrected chi connectivity index (χ0v) is 11.5. The molecule has 1 saturated carbocycles. The SMILES string of the molecule is COC(C(O)Cc1ccccc1F)C1CCCCC1. The molecule has 106 valence electrons. The Morgan fingerprint density at radius 3 is 2.58 bits per heavy atom. The van der Waals surface area contributed by atoms with Crippen molar-refractivity contribution in [3.63, 3.8) is 0 Å². The Labute approximate surface area is 114 Å². The van der Waals surface area contributed by atoms with Crippen LogP contribution in [0.15, 0.2) is 24.3 Å². The second-order valence-corrected chi connectivity index (χ2v) is 5.46. The molecule has 1 N–H and O–H groups in total. The number of halogens is 1. The van der Waals surface area contributed by atoms with Crippen molar-refractivity contribution in [1.82, 2.24) is 0 Å². The van der Waals surface area contributed by atoms with Gasteiger partial charge in [-0.05, 0) is 30.4 Å². The molecular formula is C16H23FO2. The van der Waals surface area contributed by atoms with Crippen molar-refractivity contribution in [3.05, 3.63) is 35.6 Å². The zero-order valence-electron chi connectivity index (χ0n) is 11.5. The van der Waals surface area contributed by atoms with Gasteiger partial charge in [0.1, 0.15) is 5.82 Å². The molecule has 1 aromatic carbocycles. The van der Waals surface area contributed by atoms with Gasteiger partial charge in [0.15, 0.2) is 0 Å². The van der Waals surface area contributed by atoms with E-state index in [1.807, 2.05) is 0 Å². The Morgan fingerprint density at radius 1 is 1.26 bits per heavy atom. The van der Waals surface area contributed by atoms with Gasteiger partial charge in [-0.25, -0.2) is 4.39 Å². The average molecular weight is 266 g/mol. The number of benzene rings is 1. The van der Waals surface area contributed by atoms with Gasteiger partial charge in [-0.3, -0.25) is 0 Å². The van der Waals surface area contributed by atoms with Crippen molar-refractivity contribution in [1.29, 1.82) is 0 Å². The quantitative estimate of drug-likeness (QED) is 0.886. The molecule has 3 heteroatoms. The first-order valence-corrected chi connectivity index (χ1v) is 7.16. The van der Waals surface area contributed by atoms with Crippen LogP contribution in [0.2, 0.25) is 0 Å². The number of hydrogen-bond acceptors (Lipinski definition) is 2. The lowest BCUT2D eigenvalue weighted by molar-refractivity contribution is -0.0538. The Kier molecular flexibility index (Phi) is 5.34. The molecule has 0 spiro atoms. The molecular weight excluding hydrogens is 243 g/mol. The normalized spacial score (nSPS) is 20.2. The van der Waals surface area contributed by atoms with E-state index in [0.717, 1.165) is 12.8 Å². The highest BCUT2D eigenvalue weighted by Gasteiger charge is 2.29. The lowest BCUT2D eigenvalue weighted by Gasteiger charge is -2.32. The number of methoxy groups -OCH3 is 1. The maximum atomic E-state index is 13.6. The third-order valence-electron chi connectivity index (χ3n) is 4.15. The highest BCUT2D eigenvalue weighted by molar-refractivity contribution is 5.18. The van der Waals surface area contributed by atoms with Crippen molar-refractivity contribution < 1.29 is 14.2 Å². The Bertz CT molecular complexity index is 388. The molecule has 0 amide bonds. The lowest BCUT2D eigenvalue weighted by atomic mass is 9.82. The predicted molar refractivity (Wildman–Crippen MR) is 73.5 cm³/mol. The Hall–Kier alpha value is -0.930. The van der Waals surface area contributed by atoms with E-state index in [0.29, 0.717) is 17.9 Å². The second-order valence-electron chi connectivity index (χ2n) is 5.46. The molecule has 0 bridgehead atoms. The number of aliphatic hydroxyl groups excluding tert-OH is 1. The van der Waals surface area contributed by atoms with Crippen molar-refractivity contribution in [2.45, 2.75) is 50.7 Å². The lowest BCUT2D eigenvalue weighted by Crippen LogP contribution is -2.37. The average Bonchev–Trinajstić information content (AvgIpc) is 2.43. The molecule has 0 radical (unpaired) electrons. The van der Waals surface area contributed by atoms with Crippen LogP contribution in [-0.2, 0) is 11.2 Å². The summed E-state index contributed by atoms with van der Waals surface area (Å²) in [6, 6.07) is 6.63. The van der Waals surface area contributed by atoms with Gasteiger partial charge in [-0.15, -0.1) is 0 Å². The largest absolute Gasteiger partial charge is 0.390 e. The molecule has 1 aliphatic carbocycles. The van der Waals surface area contributed by atoms with Gasteiger partial charge >= 0.3 is 0 Å². The molecule has 0 aliphatic heterocycles. The highest BCUT2D eigenvalue weighted by atomic mass is 19.1. The van der Waals surface area contributed by atoms with Crippen LogP contribution in [0.3, 0.4) is 0 Å². The molecule has 0 heterocycles. The fourth-order valence-electron chi connectivity index (χ4n) is 3.13. The van der Waals surface area contributed by atoms with E-state index in [-0.39, 0.29) is 11.9 Å². The molecule has 2 unspecified atom stereocenters. The predicted octanol–water partition coefficient (Wildman–Crippen LogP) is 3.32. The van der Waals surface area contributed by atoms with Gasteiger partial charge in [0.25, 0.3) is 0 Å². The number of ether oxygens (including phenoxy) is 1. The molecule has 2 atom stereocenters. The van der Waals surface area contributed by atoms with E-state index in [1.54, 1.807) is 25.3 Å². The maximum absolute atomic E-state index is 13.6. The monoisotopic (exact) mass is 266 g/mol. The van der Waals surface area contributed by atoms with Gasteiger partial charge in [0.05, 0.1) is 12.2 Å². The first-order valence-electron chi connectivity index (χ1n) is 7.16.